The summed E-state index contributed by atoms with van der Waals surface area (Å²) in [4.78, 5) is 13.5. The molecule has 7 nitrogen and oxygen atoms in total. The van der Waals surface area contributed by atoms with E-state index in [1.807, 2.05) is 0 Å². The fraction of sp³-hybridized carbons (Fsp3) is 0.529. The lowest BCUT2D eigenvalue weighted by Crippen LogP contribution is -3.12. The Bertz CT molecular complexity index is 768. The van der Waals surface area contributed by atoms with Crippen molar-refractivity contribution in [3.05, 3.63) is 24.3 Å². The van der Waals surface area contributed by atoms with Gasteiger partial charge in [0, 0.05) is 11.6 Å². The fourth-order valence-corrected chi connectivity index (χ4v) is 4.67. The second kappa shape index (κ2) is 7.99. The van der Waals surface area contributed by atoms with Crippen LogP contribution in [0.5, 0.6) is 0 Å². The summed E-state index contributed by atoms with van der Waals surface area (Å²) in [6, 6.07) is 6.46. The van der Waals surface area contributed by atoms with Crippen molar-refractivity contribution in [3.8, 4) is 0 Å². The molecule has 0 radical (unpaired) electrons. The van der Waals surface area contributed by atoms with E-state index in [2.05, 4.69) is 17.7 Å². The maximum absolute atomic E-state index is 12.7. The minimum Gasteiger partial charge on any atom is -0.335 e. The molecule has 1 aromatic carbocycles. The standard InChI is InChI=1S/C17H24N4O3S2/c1-20-9-11-21(12-10-20)26(23,24)15-7-5-14(6-8-15)18-17(25)19-16(22)13-3-2-4-13/h5-8,13H,2-4,9-12H2,1H3,(H2,18,19,22,25)/p+1. The van der Waals surface area contributed by atoms with Crippen molar-refractivity contribution < 1.29 is 18.1 Å². The van der Waals surface area contributed by atoms with Crippen LogP contribution in [-0.4, -0.2) is 57.0 Å². The lowest BCUT2D eigenvalue weighted by molar-refractivity contribution is -0.883. The quantitative estimate of drug-likeness (QED) is 0.614. The van der Waals surface area contributed by atoms with Crippen molar-refractivity contribution in [1.82, 2.24) is 9.62 Å². The third-order valence-electron chi connectivity index (χ3n) is 5.04. The summed E-state index contributed by atoms with van der Waals surface area (Å²) in [6.45, 7) is 2.69. The van der Waals surface area contributed by atoms with Crippen LogP contribution in [0.1, 0.15) is 19.3 Å². The Kier molecular flexibility index (Phi) is 5.91. The van der Waals surface area contributed by atoms with E-state index < -0.39 is 10.0 Å². The van der Waals surface area contributed by atoms with Gasteiger partial charge in [-0.05, 0) is 49.3 Å². The van der Waals surface area contributed by atoms with Crippen LogP contribution in [-0.2, 0) is 14.8 Å². The molecule has 0 atom stereocenters. The molecule has 1 amide bonds. The molecule has 0 aromatic heterocycles. The molecule has 26 heavy (non-hydrogen) atoms. The van der Waals surface area contributed by atoms with Gasteiger partial charge in [0.25, 0.3) is 0 Å². The molecular formula is C17H25N4O3S2+. The van der Waals surface area contributed by atoms with Crippen LogP contribution < -0.4 is 15.5 Å². The van der Waals surface area contributed by atoms with Crippen LogP contribution in [0.3, 0.4) is 0 Å². The molecule has 1 aromatic rings. The molecule has 0 spiro atoms. The number of quaternary nitrogens is 1. The van der Waals surface area contributed by atoms with Crippen LogP contribution in [0.15, 0.2) is 29.2 Å². The number of carbonyl (C=O) groups excluding carboxylic acids is 1. The maximum Gasteiger partial charge on any atom is 0.243 e. The first-order chi connectivity index (χ1) is 12.4. The van der Waals surface area contributed by atoms with E-state index >= 15 is 0 Å². The zero-order valence-electron chi connectivity index (χ0n) is 14.8. The summed E-state index contributed by atoms with van der Waals surface area (Å²) in [5.41, 5.74) is 0.644. The molecule has 3 N–H and O–H groups in total. The van der Waals surface area contributed by atoms with Crippen molar-refractivity contribution in [2.75, 3.05) is 38.5 Å². The monoisotopic (exact) mass is 397 g/mol. The zero-order chi connectivity index (χ0) is 18.7. The van der Waals surface area contributed by atoms with Gasteiger partial charge in [-0.1, -0.05) is 6.42 Å². The molecule has 1 heterocycles. The topological polar surface area (TPSA) is 82.9 Å². The SMILES string of the molecule is C[NH+]1CCN(S(=O)(=O)c2ccc(NC(=S)NC(=O)C3CCC3)cc2)CC1. The van der Waals surface area contributed by atoms with Gasteiger partial charge in [-0.25, -0.2) is 8.42 Å². The Morgan fingerprint density at radius 3 is 2.35 bits per heavy atom. The van der Waals surface area contributed by atoms with Crippen molar-refractivity contribution >= 4 is 38.9 Å². The molecule has 3 rings (SSSR count). The van der Waals surface area contributed by atoms with Gasteiger partial charge >= 0.3 is 0 Å². The predicted molar refractivity (Wildman–Crippen MR) is 104 cm³/mol. The Morgan fingerprint density at radius 2 is 1.81 bits per heavy atom. The smallest absolute Gasteiger partial charge is 0.243 e. The molecule has 1 saturated carbocycles. The first-order valence-electron chi connectivity index (χ1n) is 8.89. The van der Waals surface area contributed by atoms with Crippen LogP contribution in [0.2, 0.25) is 0 Å². The van der Waals surface area contributed by atoms with Gasteiger partial charge in [0.1, 0.15) is 0 Å². The number of anilines is 1. The second-order valence-electron chi connectivity index (χ2n) is 6.96. The third-order valence-corrected chi connectivity index (χ3v) is 7.16. The molecule has 1 aliphatic heterocycles. The Balaban J connectivity index is 1.59. The summed E-state index contributed by atoms with van der Waals surface area (Å²) < 4.78 is 26.9. The highest BCUT2D eigenvalue weighted by Crippen LogP contribution is 2.26. The van der Waals surface area contributed by atoms with Gasteiger partial charge in [-0.2, -0.15) is 4.31 Å². The Labute approximate surface area is 159 Å². The summed E-state index contributed by atoms with van der Waals surface area (Å²) in [5.74, 6) is 0.0119. The van der Waals surface area contributed by atoms with E-state index in [1.54, 1.807) is 24.3 Å². The summed E-state index contributed by atoms with van der Waals surface area (Å²) in [7, 11) is -1.40. The number of nitrogens with zero attached hydrogens (tertiary/aromatic N) is 1. The summed E-state index contributed by atoms with van der Waals surface area (Å²) in [5, 5.41) is 5.85. The van der Waals surface area contributed by atoms with Crippen LogP contribution in [0.4, 0.5) is 5.69 Å². The number of benzene rings is 1. The van der Waals surface area contributed by atoms with Gasteiger partial charge in [-0.3, -0.25) is 4.79 Å². The molecule has 2 fully saturated rings. The normalized spacial score (nSPS) is 19.6. The molecule has 0 unspecified atom stereocenters. The van der Waals surface area contributed by atoms with Crippen LogP contribution >= 0.6 is 12.2 Å². The lowest BCUT2D eigenvalue weighted by Gasteiger charge is -2.29. The fourth-order valence-electron chi connectivity index (χ4n) is 3.01. The second-order valence-corrected chi connectivity index (χ2v) is 9.30. The molecule has 142 valence electrons. The number of nitrogens with one attached hydrogen (secondary N) is 3. The van der Waals surface area contributed by atoms with E-state index in [0.29, 0.717) is 18.8 Å². The van der Waals surface area contributed by atoms with Crippen molar-refractivity contribution in [2.45, 2.75) is 24.2 Å². The summed E-state index contributed by atoms with van der Waals surface area (Å²) >= 11 is 5.15. The highest BCUT2D eigenvalue weighted by Gasteiger charge is 2.29. The van der Waals surface area contributed by atoms with E-state index in [4.69, 9.17) is 12.2 Å². The van der Waals surface area contributed by atoms with Gasteiger partial charge < -0.3 is 15.5 Å². The highest BCUT2D eigenvalue weighted by molar-refractivity contribution is 7.89. The predicted octanol–water partition coefficient (Wildman–Crippen LogP) is -0.181. The highest BCUT2D eigenvalue weighted by atomic mass is 32.2. The molecule has 1 saturated heterocycles. The van der Waals surface area contributed by atoms with Crippen LogP contribution in [0, 0.1) is 5.92 Å². The number of thiocarbonyl (C=S) groups is 1. The van der Waals surface area contributed by atoms with Crippen molar-refractivity contribution in [3.63, 3.8) is 0 Å². The van der Waals surface area contributed by atoms with Gasteiger partial charge in [0.05, 0.1) is 38.1 Å². The Morgan fingerprint density at radius 1 is 1.19 bits per heavy atom. The van der Waals surface area contributed by atoms with Crippen molar-refractivity contribution in [2.24, 2.45) is 5.92 Å². The lowest BCUT2D eigenvalue weighted by atomic mass is 9.85. The average molecular weight is 398 g/mol. The molecular weight excluding hydrogens is 372 g/mol. The Hall–Kier alpha value is -1.55. The number of carbonyl (C=O) groups is 1. The molecule has 1 aliphatic carbocycles. The van der Waals surface area contributed by atoms with Crippen molar-refractivity contribution in [1.29, 1.82) is 0 Å². The average Bonchev–Trinajstić information content (AvgIpc) is 2.54. The zero-order valence-corrected chi connectivity index (χ0v) is 16.5. The number of likely N-dealkylation sites (N-methyl/N-ethyl adjacent to an activating group) is 1. The third kappa shape index (κ3) is 4.40. The molecule has 2 aliphatic rings. The van der Waals surface area contributed by atoms with E-state index in [0.717, 1.165) is 32.4 Å². The largest absolute Gasteiger partial charge is 0.335 e. The minimum atomic E-state index is -3.47. The van der Waals surface area contributed by atoms with E-state index in [1.165, 1.54) is 9.21 Å². The molecule has 0 bridgehead atoms. The van der Waals surface area contributed by atoms with Gasteiger partial charge in [-0.15, -0.1) is 0 Å². The minimum absolute atomic E-state index is 0.0508. The van der Waals surface area contributed by atoms with Crippen LogP contribution in [0.25, 0.3) is 0 Å². The van der Waals surface area contributed by atoms with E-state index in [9.17, 15) is 13.2 Å². The maximum atomic E-state index is 12.7. The summed E-state index contributed by atoms with van der Waals surface area (Å²) in [6.07, 6.45) is 2.91. The van der Waals surface area contributed by atoms with Gasteiger partial charge in [0.15, 0.2) is 5.11 Å². The number of hydrogen-bond acceptors (Lipinski definition) is 4. The number of hydrogen-bond donors (Lipinski definition) is 3. The molecule has 9 heteroatoms. The van der Waals surface area contributed by atoms with E-state index in [-0.39, 0.29) is 21.8 Å². The first kappa shape index (κ1) is 19.2. The number of sulfonamides is 1. The number of rotatable bonds is 4. The number of amides is 1. The number of piperazine rings is 1. The first-order valence-corrected chi connectivity index (χ1v) is 10.7. The van der Waals surface area contributed by atoms with Gasteiger partial charge in [0.2, 0.25) is 15.9 Å².